The van der Waals surface area contributed by atoms with Gasteiger partial charge >= 0.3 is 0 Å². The van der Waals surface area contributed by atoms with Gasteiger partial charge in [0.15, 0.2) is 0 Å². The average Bonchev–Trinajstić information content (AvgIpc) is 2.77. The standard InChI is InChI=1S/C23H20Cl3N3O3S/c1-16-5-11-19(12-6-16)33(31,32)29(14-20-21(25)3-2-4-22(20)26)15-23(30)28-27-13-17-7-9-18(24)10-8-17/h2-13H,14-15H2,1H3,(H,28,30)/b27-13-. The number of nitrogens with one attached hydrogen (secondary N) is 1. The van der Waals surface area contributed by atoms with Crippen LogP contribution < -0.4 is 5.43 Å². The van der Waals surface area contributed by atoms with E-state index in [9.17, 15) is 13.2 Å². The van der Waals surface area contributed by atoms with E-state index in [2.05, 4.69) is 10.5 Å². The lowest BCUT2D eigenvalue weighted by atomic mass is 10.2. The second-order valence-electron chi connectivity index (χ2n) is 7.13. The summed E-state index contributed by atoms with van der Waals surface area (Å²) in [6.07, 6.45) is 1.43. The molecule has 0 fully saturated rings. The van der Waals surface area contributed by atoms with Crippen molar-refractivity contribution in [3.05, 3.63) is 98.5 Å². The minimum absolute atomic E-state index is 0.0498. The molecule has 3 aromatic carbocycles. The highest BCUT2D eigenvalue weighted by Gasteiger charge is 2.28. The van der Waals surface area contributed by atoms with Crippen molar-refractivity contribution in [2.24, 2.45) is 5.10 Å². The van der Waals surface area contributed by atoms with Crippen molar-refractivity contribution in [3.63, 3.8) is 0 Å². The summed E-state index contributed by atoms with van der Waals surface area (Å²) in [5.74, 6) is -0.626. The molecule has 0 unspecified atom stereocenters. The van der Waals surface area contributed by atoms with Gasteiger partial charge in [-0.25, -0.2) is 13.8 Å². The Labute approximate surface area is 207 Å². The minimum atomic E-state index is -4.04. The Morgan fingerprint density at radius 2 is 1.58 bits per heavy atom. The summed E-state index contributed by atoms with van der Waals surface area (Å²) in [6, 6.07) is 18.1. The van der Waals surface area contributed by atoms with Gasteiger partial charge in [0.05, 0.1) is 17.7 Å². The summed E-state index contributed by atoms with van der Waals surface area (Å²) in [7, 11) is -4.04. The highest BCUT2D eigenvalue weighted by atomic mass is 35.5. The van der Waals surface area contributed by atoms with E-state index >= 15 is 0 Å². The van der Waals surface area contributed by atoms with E-state index in [1.54, 1.807) is 54.6 Å². The zero-order valence-corrected chi connectivity index (χ0v) is 20.6. The van der Waals surface area contributed by atoms with Crippen LogP contribution in [-0.2, 0) is 21.4 Å². The molecule has 1 N–H and O–H groups in total. The molecule has 3 rings (SSSR count). The number of carbonyl (C=O) groups excluding carboxylic acids is 1. The monoisotopic (exact) mass is 523 g/mol. The SMILES string of the molecule is Cc1ccc(S(=O)(=O)N(CC(=O)N/N=C\c2ccc(Cl)cc2)Cc2c(Cl)cccc2Cl)cc1. The first-order valence-electron chi connectivity index (χ1n) is 9.74. The Balaban J connectivity index is 1.84. The summed E-state index contributed by atoms with van der Waals surface area (Å²) in [5.41, 5.74) is 4.37. The lowest BCUT2D eigenvalue weighted by Gasteiger charge is -2.22. The number of hydrogen-bond donors (Lipinski definition) is 1. The third-order valence-corrected chi connectivity index (χ3v) is 7.41. The fourth-order valence-electron chi connectivity index (χ4n) is 2.87. The molecule has 0 atom stereocenters. The van der Waals surface area contributed by atoms with Gasteiger partial charge in [0.25, 0.3) is 5.91 Å². The van der Waals surface area contributed by atoms with Crippen molar-refractivity contribution in [2.75, 3.05) is 6.54 Å². The Morgan fingerprint density at radius 1 is 0.970 bits per heavy atom. The number of halogens is 3. The van der Waals surface area contributed by atoms with Crippen LogP contribution in [0.4, 0.5) is 0 Å². The fourth-order valence-corrected chi connectivity index (χ4v) is 4.88. The Kier molecular flexibility index (Phi) is 8.51. The van der Waals surface area contributed by atoms with Gasteiger partial charge in [-0.05, 0) is 48.9 Å². The predicted octanol–water partition coefficient (Wildman–Crippen LogP) is 5.30. The third-order valence-electron chi connectivity index (χ3n) is 4.65. The van der Waals surface area contributed by atoms with Crippen LogP contribution in [0.2, 0.25) is 15.1 Å². The molecule has 0 aliphatic carbocycles. The zero-order chi connectivity index (χ0) is 24.0. The first kappa shape index (κ1) is 25.2. The predicted molar refractivity (Wildman–Crippen MR) is 132 cm³/mol. The van der Waals surface area contributed by atoms with E-state index in [4.69, 9.17) is 34.8 Å². The van der Waals surface area contributed by atoms with Crippen LogP contribution in [0.15, 0.2) is 76.7 Å². The second kappa shape index (κ2) is 11.1. The van der Waals surface area contributed by atoms with Gasteiger partial charge in [0.1, 0.15) is 0 Å². The van der Waals surface area contributed by atoms with Crippen LogP contribution in [0.5, 0.6) is 0 Å². The number of sulfonamides is 1. The number of aryl methyl sites for hydroxylation is 1. The first-order chi connectivity index (χ1) is 15.7. The smallest absolute Gasteiger partial charge is 0.255 e. The lowest BCUT2D eigenvalue weighted by molar-refractivity contribution is -0.121. The highest BCUT2D eigenvalue weighted by molar-refractivity contribution is 7.89. The molecule has 0 saturated carbocycles. The Bertz CT molecular complexity index is 1240. The molecule has 0 saturated heterocycles. The van der Waals surface area contributed by atoms with Crippen LogP contribution >= 0.6 is 34.8 Å². The molecule has 172 valence electrons. The number of benzene rings is 3. The van der Waals surface area contributed by atoms with Crippen LogP contribution in [0.25, 0.3) is 0 Å². The van der Waals surface area contributed by atoms with Crippen LogP contribution in [0, 0.1) is 6.92 Å². The normalized spacial score (nSPS) is 11.8. The molecule has 0 heterocycles. The highest BCUT2D eigenvalue weighted by Crippen LogP contribution is 2.28. The quantitative estimate of drug-likeness (QED) is 0.321. The maximum absolute atomic E-state index is 13.3. The van der Waals surface area contributed by atoms with Gasteiger partial charge in [-0.2, -0.15) is 9.41 Å². The summed E-state index contributed by atoms with van der Waals surface area (Å²) in [6.45, 7) is 1.17. The molecule has 0 spiro atoms. The molecule has 6 nitrogen and oxygen atoms in total. The topological polar surface area (TPSA) is 78.8 Å². The van der Waals surface area contributed by atoms with Crippen molar-refractivity contribution in [1.82, 2.24) is 9.73 Å². The molecule has 0 aliphatic rings. The van der Waals surface area contributed by atoms with Crippen molar-refractivity contribution >= 4 is 56.9 Å². The maximum atomic E-state index is 13.3. The first-order valence-corrected chi connectivity index (χ1v) is 12.3. The summed E-state index contributed by atoms with van der Waals surface area (Å²) < 4.78 is 27.7. The van der Waals surface area contributed by atoms with Crippen molar-refractivity contribution in [2.45, 2.75) is 18.4 Å². The number of hydrogen-bond acceptors (Lipinski definition) is 4. The summed E-state index contributed by atoms with van der Waals surface area (Å²) >= 11 is 18.3. The number of hydrazone groups is 1. The van der Waals surface area contributed by atoms with E-state index in [0.717, 1.165) is 9.87 Å². The number of amides is 1. The van der Waals surface area contributed by atoms with E-state index in [-0.39, 0.29) is 11.4 Å². The number of rotatable bonds is 8. The van der Waals surface area contributed by atoms with E-state index in [0.29, 0.717) is 26.2 Å². The van der Waals surface area contributed by atoms with E-state index in [1.807, 2.05) is 6.92 Å². The van der Waals surface area contributed by atoms with Crippen LogP contribution in [-0.4, -0.2) is 31.4 Å². The van der Waals surface area contributed by atoms with Crippen LogP contribution in [0.1, 0.15) is 16.7 Å². The van der Waals surface area contributed by atoms with Crippen molar-refractivity contribution < 1.29 is 13.2 Å². The number of nitrogens with zero attached hydrogens (tertiary/aromatic N) is 2. The van der Waals surface area contributed by atoms with Crippen molar-refractivity contribution in [3.8, 4) is 0 Å². The van der Waals surface area contributed by atoms with Gasteiger partial charge in [-0.15, -0.1) is 0 Å². The molecule has 0 radical (unpaired) electrons. The maximum Gasteiger partial charge on any atom is 0.255 e. The molecule has 0 bridgehead atoms. The van der Waals surface area contributed by atoms with Crippen molar-refractivity contribution in [1.29, 1.82) is 0 Å². The minimum Gasteiger partial charge on any atom is -0.272 e. The molecular formula is C23H20Cl3N3O3S. The van der Waals surface area contributed by atoms with Crippen LogP contribution in [0.3, 0.4) is 0 Å². The molecule has 0 aliphatic heterocycles. The molecule has 33 heavy (non-hydrogen) atoms. The van der Waals surface area contributed by atoms with Gasteiger partial charge in [-0.3, -0.25) is 4.79 Å². The largest absolute Gasteiger partial charge is 0.272 e. The molecular weight excluding hydrogens is 505 g/mol. The van der Waals surface area contributed by atoms with Gasteiger partial charge in [0, 0.05) is 27.2 Å². The molecule has 1 amide bonds. The zero-order valence-electron chi connectivity index (χ0n) is 17.5. The Hall–Kier alpha value is -2.42. The molecule has 10 heteroatoms. The molecule has 3 aromatic rings. The number of carbonyl (C=O) groups is 1. The third kappa shape index (κ3) is 6.79. The van der Waals surface area contributed by atoms with E-state index in [1.165, 1.54) is 18.3 Å². The Morgan fingerprint density at radius 3 is 2.18 bits per heavy atom. The fraction of sp³-hybridized carbons (Fsp3) is 0.130. The summed E-state index contributed by atoms with van der Waals surface area (Å²) in [5, 5.41) is 5.06. The van der Waals surface area contributed by atoms with E-state index < -0.39 is 22.5 Å². The van der Waals surface area contributed by atoms with Gasteiger partial charge in [0.2, 0.25) is 10.0 Å². The van der Waals surface area contributed by atoms with Gasteiger partial charge in [-0.1, -0.05) is 70.7 Å². The summed E-state index contributed by atoms with van der Waals surface area (Å²) in [4.78, 5) is 12.6. The van der Waals surface area contributed by atoms with Gasteiger partial charge < -0.3 is 0 Å². The second-order valence-corrected chi connectivity index (χ2v) is 10.3. The lowest BCUT2D eigenvalue weighted by Crippen LogP contribution is -2.39. The molecule has 0 aromatic heterocycles. The average molecular weight is 525 g/mol.